The van der Waals surface area contributed by atoms with Gasteiger partial charge in [0.2, 0.25) is 5.88 Å². The number of ether oxygens (including phenoxy) is 1. The van der Waals surface area contributed by atoms with E-state index in [1.807, 2.05) is 14.0 Å². The summed E-state index contributed by atoms with van der Waals surface area (Å²) in [6, 6.07) is 5.24. The maximum atomic E-state index is 13.6. The SMILES string of the molecule is Cc1ccc(Oc2c(CNC(C)C)c(C)nn2C)cc1F. The van der Waals surface area contributed by atoms with Crippen molar-refractivity contribution >= 4 is 0 Å². The first-order valence-electron chi connectivity index (χ1n) is 7.08. The number of hydrogen-bond donors (Lipinski definition) is 1. The van der Waals surface area contributed by atoms with Gasteiger partial charge >= 0.3 is 0 Å². The van der Waals surface area contributed by atoms with E-state index in [-0.39, 0.29) is 5.82 Å². The third-order valence-corrected chi connectivity index (χ3v) is 3.33. The molecule has 1 aromatic heterocycles. The highest BCUT2D eigenvalue weighted by Crippen LogP contribution is 2.28. The minimum absolute atomic E-state index is 0.270. The van der Waals surface area contributed by atoms with Crippen LogP contribution in [0.1, 0.15) is 30.7 Å². The maximum absolute atomic E-state index is 13.6. The molecule has 21 heavy (non-hydrogen) atoms. The molecule has 0 aliphatic carbocycles. The van der Waals surface area contributed by atoms with E-state index in [0.29, 0.717) is 29.8 Å². The number of nitrogens with one attached hydrogen (secondary N) is 1. The Bertz CT molecular complexity index is 635. The molecule has 0 bridgehead atoms. The molecule has 5 heteroatoms. The van der Waals surface area contributed by atoms with Gasteiger partial charge in [-0.25, -0.2) is 9.07 Å². The van der Waals surface area contributed by atoms with E-state index in [1.54, 1.807) is 23.7 Å². The van der Waals surface area contributed by atoms with E-state index < -0.39 is 0 Å². The minimum Gasteiger partial charge on any atom is -0.439 e. The summed E-state index contributed by atoms with van der Waals surface area (Å²) in [4.78, 5) is 0. The summed E-state index contributed by atoms with van der Waals surface area (Å²) in [6.07, 6.45) is 0. The van der Waals surface area contributed by atoms with Gasteiger partial charge in [0, 0.05) is 25.7 Å². The highest BCUT2D eigenvalue weighted by atomic mass is 19.1. The van der Waals surface area contributed by atoms with Gasteiger partial charge in [-0.05, 0) is 25.5 Å². The number of rotatable bonds is 5. The quantitative estimate of drug-likeness (QED) is 0.917. The molecule has 0 saturated carbocycles. The molecule has 4 nitrogen and oxygen atoms in total. The zero-order valence-electron chi connectivity index (χ0n) is 13.2. The average molecular weight is 291 g/mol. The van der Waals surface area contributed by atoms with Gasteiger partial charge in [0.25, 0.3) is 0 Å². The topological polar surface area (TPSA) is 39.1 Å². The second-order valence-corrected chi connectivity index (χ2v) is 5.54. The van der Waals surface area contributed by atoms with E-state index in [9.17, 15) is 4.39 Å². The van der Waals surface area contributed by atoms with Crippen LogP contribution in [0.5, 0.6) is 11.6 Å². The fourth-order valence-electron chi connectivity index (χ4n) is 2.07. The second-order valence-electron chi connectivity index (χ2n) is 5.54. The second kappa shape index (κ2) is 6.26. The van der Waals surface area contributed by atoms with Crippen LogP contribution < -0.4 is 10.1 Å². The summed E-state index contributed by atoms with van der Waals surface area (Å²) < 4.78 is 21.2. The van der Waals surface area contributed by atoms with Crippen molar-refractivity contribution in [2.75, 3.05) is 0 Å². The van der Waals surface area contributed by atoms with Gasteiger partial charge < -0.3 is 10.1 Å². The van der Waals surface area contributed by atoms with Gasteiger partial charge in [0.15, 0.2) is 0 Å². The zero-order chi connectivity index (χ0) is 15.6. The summed E-state index contributed by atoms with van der Waals surface area (Å²) in [5.41, 5.74) is 2.51. The number of benzene rings is 1. The molecule has 0 radical (unpaired) electrons. The monoisotopic (exact) mass is 291 g/mol. The number of nitrogens with zero attached hydrogens (tertiary/aromatic N) is 2. The van der Waals surface area contributed by atoms with Gasteiger partial charge in [0.1, 0.15) is 11.6 Å². The van der Waals surface area contributed by atoms with Crippen molar-refractivity contribution < 1.29 is 9.13 Å². The highest BCUT2D eigenvalue weighted by Gasteiger charge is 2.16. The Labute approximate surface area is 124 Å². The Morgan fingerprint density at radius 3 is 2.67 bits per heavy atom. The lowest BCUT2D eigenvalue weighted by Crippen LogP contribution is -2.22. The van der Waals surface area contributed by atoms with Gasteiger partial charge in [-0.1, -0.05) is 19.9 Å². The van der Waals surface area contributed by atoms with Crippen molar-refractivity contribution in [2.45, 2.75) is 40.3 Å². The van der Waals surface area contributed by atoms with Gasteiger partial charge in [0.05, 0.1) is 11.3 Å². The first-order chi connectivity index (χ1) is 9.88. The molecule has 1 N–H and O–H groups in total. The van der Waals surface area contributed by atoms with Gasteiger partial charge in [-0.15, -0.1) is 0 Å². The van der Waals surface area contributed by atoms with E-state index in [0.717, 1.165) is 11.3 Å². The molecule has 0 aliphatic heterocycles. The predicted molar refractivity (Wildman–Crippen MR) is 81.1 cm³/mol. The van der Waals surface area contributed by atoms with Crippen molar-refractivity contribution in [2.24, 2.45) is 7.05 Å². The first kappa shape index (κ1) is 15.5. The minimum atomic E-state index is -0.270. The van der Waals surface area contributed by atoms with Crippen molar-refractivity contribution in [3.63, 3.8) is 0 Å². The van der Waals surface area contributed by atoms with E-state index in [4.69, 9.17) is 4.74 Å². The van der Waals surface area contributed by atoms with Gasteiger partial charge in [-0.3, -0.25) is 0 Å². The molecule has 0 fully saturated rings. The largest absolute Gasteiger partial charge is 0.439 e. The Hall–Kier alpha value is -1.88. The van der Waals surface area contributed by atoms with Crippen LogP contribution in [0.2, 0.25) is 0 Å². The highest BCUT2D eigenvalue weighted by molar-refractivity contribution is 5.37. The molecular formula is C16H22FN3O. The Morgan fingerprint density at radius 1 is 1.33 bits per heavy atom. The average Bonchev–Trinajstić information content (AvgIpc) is 2.66. The van der Waals surface area contributed by atoms with Crippen LogP contribution in [0, 0.1) is 19.7 Å². The molecule has 1 heterocycles. The lowest BCUT2D eigenvalue weighted by atomic mass is 10.2. The summed E-state index contributed by atoms with van der Waals surface area (Å²) in [5.74, 6) is 0.851. The van der Waals surface area contributed by atoms with E-state index in [1.165, 1.54) is 6.07 Å². The van der Waals surface area contributed by atoms with Crippen molar-refractivity contribution in [1.29, 1.82) is 0 Å². The third-order valence-electron chi connectivity index (χ3n) is 3.33. The van der Waals surface area contributed by atoms with Crippen LogP contribution in [0.3, 0.4) is 0 Å². The summed E-state index contributed by atoms with van der Waals surface area (Å²) in [6.45, 7) is 8.51. The Morgan fingerprint density at radius 2 is 2.05 bits per heavy atom. The normalized spacial score (nSPS) is 11.2. The lowest BCUT2D eigenvalue weighted by Gasteiger charge is -2.11. The predicted octanol–water partition coefficient (Wildman–Crippen LogP) is 3.47. The Balaban J connectivity index is 2.28. The zero-order valence-corrected chi connectivity index (χ0v) is 13.2. The molecule has 0 unspecified atom stereocenters. The number of halogens is 1. The molecule has 0 aliphatic rings. The van der Waals surface area contributed by atoms with Crippen LogP contribution in [0.25, 0.3) is 0 Å². The molecule has 2 rings (SSSR count). The van der Waals surface area contributed by atoms with Crippen LogP contribution in [-0.2, 0) is 13.6 Å². The molecule has 0 spiro atoms. The summed E-state index contributed by atoms with van der Waals surface area (Å²) in [7, 11) is 1.83. The third kappa shape index (κ3) is 3.61. The van der Waals surface area contributed by atoms with Crippen LogP contribution in [-0.4, -0.2) is 15.8 Å². The number of hydrogen-bond acceptors (Lipinski definition) is 3. The lowest BCUT2D eigenvalue weighted by molar-refractivity contribution is 0.419. The fourth-order valence-corrected chi connectivity index (χ4v) is 2.07. The van der Waals surface area contributed by atoms with Crippen molar-refractivity contribution in [1.82, 2.24) is 15.1 Å². The van der Waals surface area contributed by atoms with E-state index >= 15 is 0 Å². The Kier molecular flexibility index (Phi) is 4.63. The van der Waals surface area contributed by atoms with Crippen LogP contribution in [0.15, 0.2) is 18.2 Å². The molecule has 1 aromatic carbocycles. The number of aromatic nitrogens is 2. The van der Waals surface area contributed by atoms with Crippen LogP contribution in [0.4, 0.5) is 4.39 Å². The standard InChI is InChI=1S/C16H22FN3O/c1-10(2)18-9-14-12(4)19-20(5)16(14)21-13-7-6-11(3)15(17)8-13/h6-8,10,18H,9H2,1-5H3. The molecule has 0 amide bonds. The van der Waals surface area contributed by atoms with Crippen molar-refractivity contribution in [3.05, 3.63) is 40.8 Å². The summed E-state index contributed by atoms with van der Waals surface area (Å²) >= 11 is 0. The molecule has 2 aromatic rings. The molecular weight excluding hydrogens is 269 g/mol. The summed E-state index contributed by atoms with van der Waals surface area (Å²) in [5, 5.41) is 7.74. The first-order valence-corrected chi connectivity index (χ1v) is 7.08. The van der Waals surface area contributed by atoms with Gasteiger partial charge in [-0.2, -0.15) is 5.10 Å². The molecule has 0 saturated heterocycles. The smallest absolute Gasteiger partial charge is 0.222 e. The number of aryl methyl sites for hydroxylation is 3. The van der Waals surface area contributed by atoms with E-state index in [2.05, 4.69) is 24.3 Å². The molecule has 114 valence electrons. The van der Waals surface area contributed by atoms with Crippen LogP contribution >= 0.6 is 0 Å². The molecule has 0 atom stereocenters. The maximum Gasteiger partial charge on any atom is 0.222 e. The van der Waals surface area contributed by atoms with Crippen molar-refractivity contribution in [3.8, 4) is 11.6 Å². The fraction of sp³-hybridized carbons (Fsp3) is 0.438.